The van der Waals surface area contributed by atoms with E-state index in [0.717, 1.165) is 12.2 Å². The van der Waals surface area contributed by atoms with Gasteiger partial charge < -0.3 is 0 Å². The van der Waals surface area contributed by atoms with Crippen molar-refractivity contribution < 1.29 is 14.4 Å². The molecule has 0 N–H and O–H groups in total. The van der Waals surface area contributed by atoms with Gasteiger partial charge in [-0.1, -0.05) is 0 Å². The molecule has 3 nitrogen and oxygen atoms in total. The fourth-order valence-electron chi connectivity index (χ4n) is 0.727. The fraction of sp³-hybridized carbons (Fsp3) is 0.286. The first kappa shape index (κ1) is 6.86. The molecule has 0 aromatic rings. The Morgan fingerprint density at radius 2 is 1.80 bits per heavy atom. The Kier molecular flexibility index (Phi) is 1.49. The van der Waals surface area contributed by atoms with Crippen LogP contribution in [0.4, 0.5) is 0 Å². The molecule has 52 valence electrons. The molecule has 0 saturated heterocycles. The molecule has 1 aliphatic rings. The minimum atomic E-state index is -0.766. The molecule has 1 rings (SSSR count). The fourth-order valence-corrected chi connectivity index (χ4v) is 0.727. The summed E-state index contributed by atoms with van der Waals surface area (Å²) >= 11 is 0. The van der Waals surface area contributed by atoms with Gasteiger partial charge in [0.05, 0.1) is 5.92 Å². The quantitative estimate of drug-likeness (QED) is 0.347. The maximum atomic E-state index is 10.7. The molecule has 0 saturated carbocycles. The van der Waals surface area contributed by atoms with Gasteiger partial charge in [0.15, 0.2) is 5.78 Å². The minimum absolute atomic E-state index is 0.287. The summed E-state index contributed by atoms with van der Waals surface area (Å²) in [6, 6.07) is 0. The minimum Gasteiger partial charge on any atom is -0.294 e. The van der Waals surface area contributed by atoms with Gasteiger partial charge in [0.25, 0.3) is 0 Å². The summed E-state index contributed by atoms with van der Waals surface area (Å²) < 4.78 is 0. The van der Waals surface area contributed by atoms with Gasteiger partial charge in [0.2, 0.25) is 11.6 Å². The van der Waals surface area contributed by atoms with E-state index < -0.39 is 17.5 Å². The van der Waals surface area contributed by atoms with Crippen molar-refractivity contribution >= 4 is 17.3 Å². The lowest BCUT2D eigenvalue weighted by Crippen LogP contribution is -2.29. The van der Waals surface area contributed by atoms with E-state index in [1.165, 1.54) is 6.92 Å². The molecule has 0 bridgehead atoms. The van der Waals surface area contributed by atoms with Gasteiger partial charge in [-0.05, 0) is 19.1 Å². The van der Waals surface area contributed by atoms with Crippen LogP contribution in [0, 0.1) is 5.92 Å². The molecule has 0 amide bonds. The SMILES string of the molecule is CC1C(=O)C=CC(=O)C1=O. The monoisotopic (exact) mass is 138 g/mol. The Balaban J connectivity index is 3.00. The van der Waals surface area contributed by atoms with E-state index in [4.69, 9.17) is 0 Å². The summed E-state index contributed by atoms with van der Waals surface area (Å²) in [7, 11) is 0. The van der Waals surface area contributed by atoms with E-state index in [-0.39, 0.29) is 5.78 Å². The van der Waals surface area contributed by atoms with Crippen LogP contribution in [0.1, 0.15) is 6.92 Å². The third kappa shape index (κ3) is 0.900. The summed E-state index contributed by atoms with van der Waals surface area (Å²) in [6.45, 7) is 1.44. The number of rotatable bonds is 0. The largest absolute Gasteiger partial charge is 0.294 e. The lowest BCUT2D eigenvalue weighted by atomic mass is 9.93. The lowest BCUT2D eigenvalue weighted by Gasteiger charge is -2.06. The van der Waals surface area contributed by atoms with Crippen molar-refractivity contribution in [2.75, 3.05) is 0 Å². The first-order chi connectivity index (χ1) is 4.63. The highest BCUT2D eigenvalue weighted by molar-refractivity contribution is 6.48. The second kappa shape index (κ2) is 2.17. The molecule has 0 radical (unpaired) electrons. The van der Waals surface area contributed by atoms with E-state index in [2.05, 4.69) is 0 Å². The number of carbonyl (C=O) groups excluding carboxylic acids is 3. The Morgan fingerprint density at radius 1 is 1.20 bits per heavy atom. The summed E-state index contributed by atoms with van der Waals surface area (Å²) in [5.74, 6) is -2.23. The molecular formula is C7H6O3. The molecule has 0 spiro atoms. The topological polar surface area (TPSA) is 51.2 Å². The van der Waals surface area contributed by atoms with Crippen molar-refractivity contribution in [3.63, 3.8) is 0 Å². The number of allylic oxidation sites excluding steroid dienone is 2. The second-order valence-electron chi connectivity index (χ2n) is 2.19. The molecule has 0 aliphatic heterocycles. The number of Topliss-reactive ketones (excluding diaryl/α,β-unsaturated/α-hetero) is 1. The van der Waals surface area contributed by atoms with Crippen LogP contribution >= 0.6 is 0 Å². The van der Waals surface area contributed by atoms with Crippen LogP contribution < -0.4 is 0 Å². The predicted molar refractivity (Wildman–Crippen MR) is 33.3 cm³/mol. The summed E-state index contributed by atoms with van der Waals surface area (Å²) in [5.41, 5.74) is 0. The van der Waals surface area contributed by atoms with Gasteiger partial charge in [-0.2, -0.15) is 0 Å². The molecular weight excluding hydrogens is 132 g/mol. The maximum absolute atomic E-state index is 10.7. The van der Waals surface area contributed by atoms with Crippen molar-refractivity contribution in [2.45, 2.75) is 6.92 Å². The van der Waals surface area contributed by atoms with Crippen LogP contribution in [0.2, 0.25) is 0 Å². The first-order valence-corrected chi connectivity index (χ1v) is 2.93. The first-order valence-electron chi connectivity index (χ1n) is 2.93. The highest BCUT2D eigenvalue weighted by Gasteiger charge is 2.27. The highest BCUT2D eigenvalue weighted by atomic mass is 16.2. The van der Waals surface area contributed by atoms with E-state index >= 15 is 0 Å². The van der Waals surface area contributed by atoms with Crippen molar-refractivity contribution in [1.82, 2.24) is 0 Å². The van der Waals surface area contributed by atoms with Crippen LogP contribution in [0.25, 0.3) is 0 Å². The summed E-state index contributed by atoms with van der Waals surface area (Å²) in [6.07, 6.45) is 2.17. The van der Waals surface area contributed by atoms with Gasteiger partial charge in [-0.15, -0.1) is 0 Å². The second-order valence-corrected chi connectivity index (χ2v) is 2.19. The Bertz CT molecular complexity index is 237. The average Bonchev–Trinajstić information content (AvgIpc) is 1.93. The van der Waals surface area contributed by atoms with Crippen molar-refractivity contribution in [2.24, 2.45) is 5.92 Å². The number of carbonyl (C=O) groups is 3. The van der Waals surface area contributed by atoms with Gasteiger partial charge in [-0.25, -0.2) is 0 Å². The van der Waals surface area contributed by atoms with E-state index in [1.807, 2.05) is 0 Å². The van der Waals surface area contributed by atoms with E-state index in [1.54, 1.807) is 0 Å². The van der Waals surface area contributed by atoms with Crippen LogP contribution in [0.3, 0.4) is 0 Å². The van der Waals surface area contributed by atoms with Gasteiger partial charge in [0, 0.05) is 0 Å². The van der Waals surface area contributed by atoms with Crippen molar-refractivity contribution in [3.05, 3.63) is 12.2 Å². The van der Waals surface area contributed by atoms with Gasteiger partial charge >= 0.3 is 0 Å². The zero-order valence-electron chi connectivity index (χ0n) is 5.46. The number of hydrogen-bond acceptors (Lipinski definition) is 3. The standard InChI is InChI=1S/C7H6O3/c1-4-5(8)2-3-6(9)7(4)10/h2-4H,1H3. The third-order valence-electron chi connectivity index (χ3n) is 1.46. The maximum Gasteiger partial charge on any atom is 0.222 e. The highest BCUT2D eigenvalue weighted by Crippen LogP contribution is 2.06. The zero-order chi connectivity index (χ0) is 7.72. The molecule has 10 heavy (non-hydrogen) atoms. The smallest absolute Gasteiger partial charge is 0.222 e. The van der Waals surface area contributed by atoms with Gasteiger partial charge in [0.1, 0.15) is 0 Å². The molecule has 0 aromatic carbocycles. The molecule has 0 heterocycles. The molecule has 1 atom stereocenters. The summed E-state index contributed by atoms with van der Waals surface area (Å²) in [5, 5.41) is 0. The summed E-state index contributed by atoms with van der Waals surface area (Å²) in [4.78, 5) is 32.0. The van der Waals surface area contributed by atoms with Gasteiger partial charge in [-0.3, -0.25) is 14.4 Å². The van der Waals surface area contributed by atoms with Crippen LogP contribution in [0.15, 0.2) is 12.2 Å². The molecule has 1 unspecified atom stereocenters. The Labute approximate surface area is 57.7 Å². The Morgan fingerprint density at radius 3 is 2.30 bits per heavy atom. The third-order valence-corrected chi connectivity index (χ3v) is 1.46. The molecule has 3 heteroatoms. The predicted octanol–water partition coefficient (Wildman–Crippen LogP) is -0.100. The molecule has 1 aliphatic carbocycles. The molecule has 0 aromatic heterocycles. The zero-order valence-corrected chi connectivity index (χ0v) is 5.46. The van der Waals surface area contributed by atoms with Crippen LogP contribution in [0.5, 0.6) is 0 Å². The lowest BCUT2D eigenvalue weighted by molar-refractivity contribution is -0.139. The number of hydrogen-bond donors (Lipinski definition) is 0. The normalized spacial score (nSPS) is 25.7. The van der Waals surface area contributed by atoms with Crippen molar-refractivity contribution in [1.29, 1.82) is 0 Å². The number of ketones is 3. The van der Waals surface area contributed by atoms with Crippen LogP contribution in [-0.2, 0) is 14.4 Å². The van der Waals surface area contributed by atoms with Crippen LogP contribution in [-0.4, -0.2) is 17.3 Å². The molecule has 0 fully saturated rings. The average molecular weight is 138 g/mol. The van der Waals surface area contributed by atoms with E-state index in [9.17, 15) is 14.4 Å². The Hall–Kier alpha value is -1.25. The van der Waals surface area contributed by atoms with E-state index in [0.29, 0.717) is 0 Å². The van der Waals surface area contributed by atoms with Crippen molar-refractivity contribution in [3.8, 4) is 0 Å².